The van der Waals surface area contributed by atoms with Crippen molar-refractivity contribution >= 4 is 17.7 Å². The van der Waals surface area contributed by atoms with Crippen molar-refractivity contribution in [3.05, 3.63) is 59.7 Å². The van der Waals surface area contributed by atoms with E-state index >= 15 is 0 Å². The van der Waals surface area contributed by atoms with Crippen LogP contribution in [0.2, 0.25) is 0 Å². The number of amides is 3. The van der Waals surface area contributed by atoms with Crippen molar-refractivity contribution in [1.29, 1.82) is 0 Å². The van der Waals surface area contributed by atoms with Crippen LogP contribution in [0.15, 0.2) is 48.5 Å². The maximum Gasteiger partial charge on any atom is 0.269 e. The summed E-state index contributed by atoms with van der Waals surface area (Å²) in [5.74, 6) is -0.0617. The smallest absolute Gasteiger partial charge is 0.269 e. The zero-order valence-electron chi connectivity index (χ0n) is 17.6. The number of ether oxygens (including phenoxy) is 2. The van der Waals surface area contributed by atoms with Crippen LogP contribution in [0.1, 0.15) is 41.6 Å². The van der Waals surface area contributed by atoms with Gasteiger partial charge in [0.15, 0.2) is 11.5 Å². The predicted molar refractivity (Wildman–Crippen MR) is 114 cm³/mol. The second-order valence-electron chi connectivity index (χ2n) is 7.27. The number of hydrogen-bond donors (Lipinski definition) is 2. The summed E-state index contributed by atoms with van der Waals surface area (Å²) in [6, 6.07) is 14.5. The molecule has 1 heterocycles. The van der Waals surface area contributed by atoms with E-state index in [9.17, 15) is 14.4 Å². The molecule has 0 atom stereocenters. The molecule has 0 saturated carbocycles. The highest BCUT2D eigenvalue weighted by Gasteiger charge is 2.19. The van der Waals surface area contributed by atoms with Gasteiger partial charge in [-0.2, -0.15) is 0 Å². The van der Waals surface area contributed by atoms with Crippen LogP contribution in [-0.2, 0) is 16.2 Å². The molecule has 0 bridgehead atoms. The van der Waals surface area contributed by atoms with Gasteiger partial charge >= 0.3 is 0 Å². The first-order valence-electron chi connectivity index (χ1n) is 10.3. The van der Waals surface area contributed by atoms with Gasteiger partial charge in [0, 0.05) is 18.5 Å². The van der Waals surface area contributed by atoms with Crippen molar-refractivity contribution in [3.8, 4) is 11.5 Å². The second kappa shape index (κ2) is 11.0. The minimum atomic E-state index is -0.497. The molecule has 3 amide bonds. The quantitative estimate of drug-likeness (QED) is 0.664. The number of nitrogens with zero attached hydrogens (tertiary/aromatic N) is 1. The minimum absolute atomic E-state index is 0.0326. The highest BCUT2D eigenvalue weighted by Crippen LogP contribution is 2.28. The minimum Gasteiger partial charge on any atom is -0.493 e. The van der Waals surface area contributed by atoms with E-state index in [-0.39, 0.29) is 12.5 Å². The number of hydrazine groups is 1. The third-order valence-corrected chi connectivity index (χ3v) is 4.98. The van der Waals surface area contributed by atoms with Crippen molar-refractivity contribution in [2.24, 2.45) is 0 Å². The van der Waals surface area contributed by atoms with Crippen molar-refractivity contribution in [3.63, 3.8) is 0 Å². The van der Waals surface area contributed by atoms with Crippen LogP contribution >= 0.6 is 0 Å². The molecule has 1 saturated heterocycles. The number of likely N-dealkylation sites (tertiary alicyclic amines) is 1. The Hall–Kier alpha value is -3.55. The molecule has 1 aliphatic heterocycles. The van der Waals surface area contributed by atoms with Crippen LogP contribution in [0.3, 0.4) is 0 Å². The fourth-order valence-electron chi connectivity index (χ4n) is 3.28. The van der Waals surface area contributed by atoms with Gasteiger partial charge in [0.05, 0.1) is 7.11 Å². The van der Waals surface area contributed by atoms with Crippen molar-refractivity contribution in [1.82, 2.24) is 15.8 Å². The van der Waals surface area contributed by atoms with Crippen LogP contribution in [0, 0.1) is 0 Å². The highest BCUT2D eigenvalue weighted by atomic mass is 16.5. The maximum absolute atomic E-state index is 12.4. The van der Waals surface area contributed by atoms with Crippen LogP contribution in [0.5, 0.6) is 11.5 Å². The number of methoxy groups -OCH3 is 1. The normalized spacial score (nSPS) is 13.8. The van der Waals surface area contributed by atoms with Crippen LogP contribution in [0.25, 0.3) is 0 Å². The molecule has 1 aliphatic rings. The molecule has 0 aromatic heterocycles. The van der Waals surface area contributed by atoms with Gasteiger partial charge in [0.2, 0.25) is 5.91 Å². The van der Waals surface area contributed by atoms with E-state index in [2.05, 4.69) is 10.9 Å². The standard InChI is InChI=1S/C23H27N3O5/c1-30-20-14-18(11-12-19(20)31-16-17-8-4-2-5-9-17)23(29)25-24-21(27)15-26-13-7-3-6-10-22(26)28/h2,4-5,8-9,11-12,14H,3,6-7,10,13,15-16H2,1H3,(H,24,27)(H,25,29). The molecule has 0 aliphatic carbocycles. The van der Waals surface area contributed by atoms with Gasteiger partial charge in [-0.05, 0) is 36.6 Å². The molecule has 8 heteroatoms. The summed E-state index contributed by atoms with van der Waals surface area (Å²) >= 11 is 0. The number of carbonyl (C=O) groups excluding carboxylic acids is 3. The van der Waals surface area contributed by atoms with Gasteiger partial charge in [-0.15, -0.1) is 0 Å². The van der Waals surface area contributed by atoms with Crippen LogP contribution in [0.4, 0.5) is 0 Å². The molecule has 31 heavy (non-hydrogen) atoms. The topological polar surface area (TPSA) is 97.0 Å². The zero-order chi connectivity index (χ0) is 22.1. The summed E-state index contributed by atoms with van der Waals surface area (Å²) in [4.78, 5) is 38.1. The first-order chi connectivity index (χ1) is 15.1. The SMILES string of the molecule is COc1cc(C(=O)NNC(=O)CN2CCCCCC2=O)ccc1OCc1ccccc1. The number of benzene rings is 2. The van der Waals surface area contributed by atoms with E-state index in [0.29, 0.717) is 36.6 Å². The monoisotopic (exact) mass is 425 g/mol. The fraction of sp³-hybridized carbons (Fsp3) is 0.348. The lowest BCUT2D eigenvalue weighted by molar-refractivity contribution is -0.135. The molecule has 164 valence electrons. The molecule has 2 aromatic rings. The first-order valence-corrected chi connectivity index (χ1v) is 10.3. The Morgan fingerprint density at radius 2 is 1.81 bits per heavy atom. The summed E-state index contributed by atoms with van der Waals surface area (Å²) in [6.07, 6.45) is 3.16. The molecule has 3 rings (SSSR count). The first kappa shape index (κ1) is 22.1. The molecule has 1 fully saturated rings. The Morgan fingerprint density at radius 3 is 2.58 bits per heavy atom. The van der Waals surface area contributed by atoms with Crippen LogP contribution in [-0.4, -0.2) is 42.8 Å². The number of carbonyl (C=O) groups is 3. The van der Waals surface area contributed by atoms with Gasteiger partial charge in [-0.1, -0.05) is 36.8 Å². The summed E-state index contributed by atoms with van der Waals surface area (Å²) in [5.41, 5.74) is 6.05. The van der Waals surface area contributed by atoms with E-state index in [1.165, 1.54) is 12.0 Å². The Labute approximate surface area is 181 Å². The lowest BCUT2D eigenvalue weighted by atomic mass is 10.2. The van der Waals surface area contributed by atoms with E-state index < -0.39 is 11.8 Å². The molecule has 0 radical (unpaired) electrons. The number of hydrogen-bond acceptors (Lipinski definition) is 5. The van der Waals surface area contributed by atoms with Crippen LogP contribution < -0.4 is 20.3 Å². The van der Waals surface area contributed by atoms with Gasteiger partial charge in [0.25, 0.3) is 11.8 Å². The Kier molecular flexibility index (Phi) is 7.86. The average Bonchev–Trinajstić information content (AvgIpc) is 3.00. The van der Waals surface area contributed by atoms with Gasteiger partial charge in [-0.3, -0.25) is 25.2 Å². The third-order valence-electron chi connectivity index (χ3n) is 4.98. The molecule has 2 aromatic carbocycles. The fourth-order valence-corrected chi connectivity index (χ4v) is 3.28. The van der Waals surface area contributed by atoms with Crippen molar-refractivity contribution < 1.29 is 23.9 Å². The van der Waals surface area contributed by atoms with E-state index in [1.807, 2.05) is 30.3 Å². The molecule has 8 nitrogen and oxygen atoms in total. The zero-order valence-corrected chi connectivity index (χ0v) is 17.6. The highest BCUT2D eigenvalue weighted by molar-refractivity contribution is 5.96. The lowest BCUT2D eigenvalue weighted by Gasteiger charge is -2.20. The van der Waals surface area contributed by atoms with Gasteiger partial charge in [0.1, 0.15) is 13.2 Å². The second-order valence-corrected chi connectivity index (χ2v) is 7.27. The number of nitrogens with one attached hydrogen (secondary N) is 2. The van der Waals surface area contributed by atoms with Crippen molar-refractivity contribution in [2.75, 3.05) is 20.2 Å². The van der Waals surface area contributed by atoms with Gasteiger partial charge in [-0.25, -0.2) is 0 Å². The number of rotatable bonds is 7. The summed E-state index contributed by atoms with van der Waals surface area (Å²) < 4.78 is 11.1. The molecular weight excluding hydrogens is 398 g/mol. The van der Waals surface area contributed by atoms with Crippen molar-refractivity contribution in [2.45, 2.75) is 32.3 Å². The average molecular weight is 425 g/mol. The maximum atomic E-state index is 12.4. The molecule has 2 N–H and O–H groups in total. The van der Waals surface area contributed by atoms with Gasteiger partial charge < -0.3 is 14.4 Å². The van der Waals surface area contributed by atoms with E-state index in [4.69, 9.17) is 9.47 Å². The third kappa shape index (κ3) is 6.47. The summed E-state index contributed by atoms with van der Waals surface area (Å²) in [6.45, 7) is 0.852. The lowest BCUT2D eigenvalue weighted by Crippen LogP contribution is -2.47. The summed E-state index contributed by atoms with van der Waals surface area (Å²) in [7, 11) is 1.49. The molecular formula is C23H27N3O5. The Morgan fingerprint density at radius 1 is 1.00 bits per heavy atom. The van der Waals surface area contributed by atoms with E-state index in [1.54, 1.807) is 18.2 Å². The largest absolute Gasteiger partial charge is 0.493 e. The molecule has 0 unspecified atom stereocenters. The van der Waals surface area contributed by atoms with E-state index in [0.717, 1.165) is 24.8 Å². The molecule has 0 spiro atoms. The summed E-state index contributed by atoms with van der Waals surface area (Å²) in [5, 5.41) is 0. The Balaban J connectivity index is 1.53. The Bertz CT molecular complexity index is 917. The predicted octanol–water partition coefficient (Wildman–Crippen LogP) is 2.44.